The Morgan fingerprint density at radius 1 is 0.909 bits per heavy atom. The van der Waals surface area contributed by atoms with E-state index in [1.807, 2.05) is 60.7 Å². The van der Waals surface area contributed by atoms with Gasteiger partial charge >= 0.3 is 6.09 Å². The first kappa shape index (κ1) is 21.8. The van der Waals surface area contributed by atoms with Crippen LogP contribution in [0.4, 0.5) is 10.5 Å². The van der Waals surface area contributed by atoms with Crippen LogP contribution in [0.3, 0.4) is 0 Å². The summed E-state index contributed by atoms with van der Waals surface area (Å²) in [5.74, 6) is -0.334. The lowest BCUT2D eigenvalue weighted by molar-refractivity contribution is 0.0955. The summed E-state index contributed by atoms with van der Waals surface area (Å²) in [6, 6.07) is 22.2. The Balaban J connectivity index is 1.44. The fourth-order valence-electron chi connectivity index (χ4n) is 3.30. The van der Waals surface area contributed by atoms with Crippen LogP contribution in [-0.2, 0) is 17.8 Å². The van der Waals surface area contributed by atoms with Crippen molar-refractivity contribution in [2.24, 2.45) is 0 Å². The second-order valence-corrected chi connectivity index (χ2v) is 7.27. The van der Waals surface area contributed by atoms with Gasteiger partial charge in [0.25, 0.3) is 11.5 Å². The second kappa shape index (κ2) is 10.2. The van der Waals surface area contributed by atoms with E-state index in [0.29, 0.717) is 13.0 Å². The molecule has 4 aromatic rings. The minimum absolute atomic E-state index is 0.0489. The number of nitrogens with zero attached hydrogens (tertiary/aromatic N) is 2. The molecule has 2 heterocycles. The third-order valence-electron chi connectivity index (χ3n) is 4.97. The molecule has 2 aromatic heterocycles. The SMILES string of the molecule is O=C(Nc1cnc2c(C(=O)NCCc3ccccc3)cccn2c1=O)OCc1ccccc1. The van der Waals surface area contributed by atoms with E-state index in [-0.39, 0.29) is 29.4 Å². The maximum Gasteiger partial charge on any atom is 0.412 e. The predicted molar refractivity (Wildman–Crippen MR) is 124 cm³/mol. The maximum absolute atomic E-state index is 12.8. The quantitative estimate of drug-likeness (QED) is 0.457. The highest BCUT2D eigenvalue weighted by molar-refractivity contribution is 5.99. The molecular weight excluding hydrogens is 420 g/mol. The molecule has 0 aliphatic heterocycles. The van der Waals surface area contributed by atoms with Crippen LogP contribution >= 0.6 is 0 Å². The zero-order valence-corrected chi connectivity index (χ0v) is 17.7. The summed E-state index contributed by atoms with van der Waals surface area (Å²) in [6.45, 7) is 0.517. The van der Waals surface area contributed by atoms with Crippen LogP contribution < -0.4 is 16.2 Å². The number of carbonyl (C=O) groups excluding carboxylic acids is 2. The maximum atomic E-state index is 12.8. The topological polar surface area (TPSA) is 102 Å². The molecule has 0 fully saturated rings. The van der Waals surface area contributed by atoms with E-state index in [9.17, 15) is 14.4 Å². The molecule has 8 nitrogen and oxygen atoms in total. The summed E-state index contributed by atoms with van der Waals surface area (Å²) in [5, 5.41) is 5.27. The number of pyridine rings is 1. The lowest BCUT2D eigenvalue weighted by atomic mass is 10.1. The van der Waals surface area contributed by atoms with Crippen molar-refractivity contribution in [2.75, 3.05) is 11.9 Å². The molecule has 8 heteroatoms. The number of carbonyl (C=O) groups is 2. The van der Waals surface area contributed by atoms with E-state index < -0.39 is 11.7 Å². The number of hydrogen-bond donors (Lipinski definition) is 2. The Hall–Kier alpha value is -4.46. The molecule has 0 spiro atoms. The van der Waals surface area contributed by atoms with Gasteiger partial charge in [-0.25, -0.2) is 9.78 Å². The van der Waals surface area contributed by atoms with E-state index in [4.69, 9.17) is 4.74 Å². The predicted octanol–water partition coefficient (Wildman–Crippen LogP) is 3.42. The lowest BCUT2D eigenvalue weighted by Crippen LogP contribution is -2.28. The van der Waals surface area contributed by atoms with Gasteiger partial charge in [-0.05, 0) is 29.7 Å². The van der Waals surface area contributed by atoms with E-state index >= 15 is 0 Å². The molecule has 2 aromatic carbocycles. The highest BCUT2D eigenvalue weighted by Crippen LogP contribution is 2.10. The number of benzene rings is 2. The number of hydrogen-bond acceptors (Lipinski definition) is 5. The highest BCUT2D eigenvalue weighted by Gasteiger charge is 2.15. The summed E-state index contributed by atoms with van der Waals surface area (Å²) >= 11 is 0. The fraction of sp³-hybridized carbons (Fsp3) is 0.120. The minimum Gasteiger partial charge on any atom is -0.444 e. The van der Waals surface area contributed by atoms with Crippen LogP contribution in [0.5, 0.6) is 0 Å². The molecule has 0 saturated heterocycles. The number of nitrogens with one attached hydrogen (secondary N) is 2. The first-order valence-electron chi connectivity index (χ1n) is 10.4. The van der Waals surface area contributed by atoms with Crippen molar-refractivity contribution < 1.29 is 14.3 Å². The molecule has 0 unspecified atom stereocenters. The van der Waals surface area contributed by atoms with Gasteiger partial charge in [0.1, 0.15) is 12.3 Å². The van der Waals surface area contributed by atoms with Crippen molar-refractivity contribution in [3.05, 3.63) is 112 Å². The summed E-state index contributed by atoms with van der Waals surface area (Å²) in [7, 11) is 0. The van der Waals surface area contributed by atoms with Crippen molar-refractivity contribution in [2.45, 2.75) is 13.0 Å². The van der Waals surface area contributed by atoms with E-state index in [1.54, 1.807) is 12.1 Å². The Bertz CT molecular complexity index is 1320. The normalized spacial score (nSPS) is 10.5. The van der Waals surface area contributed by atoms with Crippen molar-refractivity contribution in [3.8, 4) is 0 Å². The molecule has 0 aliphatic carbocycles. The molecule has 33 heavy (non-hydrogen) atoms. The van der Waals surface area contributed by atoms with Crippen LogP contribution in [0, 0.1) is 0 Å². The molecule has 0 aliphatic rings. The molecule has 2 N–H and O–H groups in total. The standard InChI is InChI=1S/C25H22N4O4/c30-23(26-14-13-18-8-3-1-4-9-18)20-12-7-15-29-22(20)27-16-21(24(29)31)28-25(32)33-17-19-10-5-2-6-11-19/h1-12,15-16H,13-14,17H2,(H,26,30)(H,28,32). The zero-order chi connectivity index (χ0) is 23.0. The summed E-state index contributed by atoms with van der Waals surface area (Å²) < 4.78 is 6.37. The Kier molecular flexibility index (Phi) is 6.75. The van der Waals surface area contributed by atoms with Crippen LogP contribution in [-0.4, -0.2) is 27.9 Å². The molecule has 0 radical (unpaired) electrons. The molecule has 0 bridgehead atoms. The smallest absolute Gasteiger partial charge is 0.412 e. The Morgan fingerprint density at radius 2 is 1.61 bits per heavy atom. The zero-order valence-electron chi connectivity index (χ0n) is 17.7. The van der Waals surface area contributed by atoms with Crippen molar-refractivity contribution in [1.29, 1.82) is 0 Å². The number of anilines is 1. The van der Waals surface area contributed by atoms with Gasteiger partial charge in [0, 0.05) is 12.7 Å². The van der Waals surface area contributed by atoms with Gasteiger partial charge in [0.15, 0.2) is 5.65 Å². The van der Waals surface area contributed by atoms with Crippen molar-refractivity contribution >= 4 is 23.3 Å². The number of amides is 2. The van der Waals surface area contributed by atoms with Crippen LogP contribution in [0.2, 0.25) is 0 Å². The van der Waals surface area contributed by atoms with Gasteiger partial charge < -0.3 is 10.1 Å². The third kappa shape index (κ3) is 5.43. The molecule has 166 valence electrons. The Labute approximate surface area is 189 Å². The molecule has 4 rings (SSSR count). The lowest BCUT2D eigenvalue weighted by Gasteiger charge is -2.10. The fourth-order valence-corrected chi connectivity index (χ4v) is 3.30. The largest absolute Gasteiger partial charge is 0.444 e. The average Bonchev–Trinajstić information content (AvgIpc) is 2.85. The molecule has 0 atom stereocenters. The first-order chi connectivity index (χ1) is 16.1. The van der Waals surface area contributed by atoms with Crippen LogP contribution in [0.1, 0.15) is 21.5 Å². The van der Waals surface area contributed by atoms with Gasteiger partial charge in [0.2, 0.25) is 0 Å². The van der Waals surface area contributed by atoms with E-state index in [2.05, 4.69) is 15.6 Å². The van der Waals surface area contributed by atoms with Crippen LogP contribution in [0.25, 0.3) is 5.65 Å². The third-order valence-corrected chi connectivity index (χ3v) is 4.97. The minimum atomic E-state index is -0.771. The summed E-state index contributed by atoms with van der Waals surface area (Å²) in [4.78, 5) is 41.9. The van der Waals surface area contributed by atoms with Crippen molar-refractivity contribution in [3.63, 3.8) is 0 Å². The number of aromatic nitrogens is 2. The van der Waals surface area contributed by atoms with Gasteiger partial charge in [0.05, 0.1) is 11.8 Å². The molecular formula is C25H22N4O4. The van der Waals surface area contributed by atoms with E-state index in [1.165, 1.54) is 16.8 Å². The van der Waals surface area contributed by atoms with Gasteiger partial charge in [-0.1, -0.05) is 60.7 Å². The highest BCUT2D eigenvalue weighted by atomic mass is 16.5. The monoisotopic (exact) mass is 442 g/mol. The van der Waals surface area contributed by atoms with Gasteiger partial charge in [-0.3, -0.25) is 19.3 Å². The average molecular weight is 442 g/mol. The summed E-state index contributed by atoms with van der Waals surface area (Å²) in [5.41, 5.74) is 1.83. The Morgan fingerprint density at radius 3 is 2.33 bits per heavy atom. The molecule has 0 saturated carbocycles. The molecule has 2 amide bonds. The van der Waals surface area contributed by atoms with Crippen molar-refractivity contribution in [1.82, 2.24) is 14.7 Å². The second-order valence-electron chi connectivity index (χ2n) is 7.27. The summed E-state index contributed by atoms with van der Waals surface area (Å²) in [6.07, 6.45) is 2.63. The van der Waals surface area contributed by atoms with Gasteiger partial charge in [-0.15, -0.1) is 0 Å². The van der Waals surface area contributed by atoms with E-state index in [0.717, 1.165) is 11.1 Å². The van der Waals surface area contributed by atoms with Gasteiger partial charge in [-0.2, -0.15) is 0 Å². The first-order valence-corrected chi connectivity index (χ1v) is 10.4. The number of fused-ring (bicyclic) bond motifs is 1. The number of ether oxygens (including phenoxy) is 1. The number of rotatable bonds is 7. The van der Waals surface area contributed by atoms with Crippen LogP contribution in [0.15, 0.2) is 90.0 Å².